The minimum Gasteiger partial charge on any atom is -0.485 e. The van der Waals surface area contributed by atoms with Gasteiger partial charge in [0.2, 0.25) is 5.91 Å². The van der Waals surface area contributed by atoms with Gasteiger partial charge in [0, 0.05) is 28.8 Å². The fourth-order valence-electron chi connectivity index (χ4n) is 2.69. The second-order valence-corrected chi connectivity index (χ2v) is 6.55. The fraction of sp³-hybridized carbons (Fsp3) is 0.125. The van der Waals surface area contributed by atoms with E-state index < -0.39 is 5.82 Å². The first-order valence-corrected chi connectivity index (χ1v) is 9.42. The minimum atomic E-state index is -0.402. The molecule has 1 amide bonds. The number of ether oxygens (including phenoxy) is 1. The van der Waals surface area contributed by atoms with E-state index in [1.54, 1.807) is 55.5 Å². The van der Waals surface area contributed by atoms with Gasteiger partial charge < -0.3 is 10.1 Å². The molecule has 0 aromatic heterocycles. The number of anilines is 1. The van der Waals surface area contributed by atoms with Gasteiger partial charge in [0.25, 0.3) is 0 Å². The molecule has 3 rings (SSSR count). The van der Waals surface area contributed by atoms with Gasteiger partial charge >= 0.3 is 0 Å². The van der Waals surface area contributed by atoms with E-state index >= 15 is 0 Å². The van der Waals surface area contributed by atoms with Crippen molar-refractivity contribution < 1.29 is 23.5 Å². The highest BCUT2D eigenvalue weighted by Gasteiger charge is 2.11. The Kier molecular flexibility index (Phi) is 6.70. The molecule has 0 saturated heterocycles. The summed E-state index contributed by atoms with van der Waals surface area (Å²) < 4.78 is 18.5. The van der Waals surface area contributed by atoms with Crippen molar-refractivity contribution in [2.24, 2.45) is 0 Å². The molecule has 3 aromatic rings. The van der Waals surface area contributed by atoms with Crippen LogP contribution in [-0.2, 0) is 4.79 Å². The average Bonchev–Trinajstić information content (AvgIpc) is 2.78. The lowest BCUT2D eigenvalue weighted by atomic mass is 10.0. The number of benzene rings is 3. The summed E-state index contributed by atoms with van der Waals surface area (Å²) in [5, 5.41) is 2.72. The van der Waals surface area contributed by atoms with Crippen LogP contribution in [0.15, 0.2) is 72.8 Å². The Morgan fingerprint density at radius 1 is 0.800 bits per heavy atom. The maximum Gasteiger partial charge on any atom is 0.224 e. The number of carbonyl (C=O) groups excluding carboxylic acids is 3. The van der Waals surface area contributed by atoms with Crippen LogP contribution in [0.5, 0.6) is 5.75 Å². The van der Waals surface area contributed by atoms with Crippen LogP contribution in [0.1, 0.15) is 39.6 Å². The van der Waals surface area contributed by atoms with E-state index in [0.717, 1.165) is 0 Å². The molecule has 0 spiro atoms. The summed E-state index contributed by atoms with van der Waals surface area (Å²) in [7, 11) is 0. The molecule has 0 radical (unpaired) electrons. The number of nitrogens with one attached hydrogen (secondary N) is 1. The summed E-state index contributed by atoms with van der Waals surface area (Å²) in [6.07, 6.45) is 0.378. The van der Waals surface area contributed by atoms with E-state index in [0.29, 0.717) is 34.5 Å². The number of rotatable bonds is 8. The summed E-state index contributed by atoms with van der Waals surface area (Å²) in [4.78, 5) is 36.1. The summed E-state index contributed by atoms with van der Waals surface area (Å²) in [6.45, 7) is 1.60. The van der Waals surface area contributed by atoms with Gasteiger partial charge in [-0.05, 0) is 72.8 Å². The number of carbonyl (C=O) groups is 3. The van der Waals surface area contributed by atoms with Crippen LogP contribution in [0.25, 0.3) is 0 Å². The normalized spacial score (nSPS) is 10.3. The zero-order valence-electron chi connectivity index (χ0n) is 16.4. The molecule has 3 aromatic carbocycles. The number of hydrogen-bond acceptors (Lipinski definition) is 4. The number of hydrogen-bond donors (Lipinski definition) is 1. The lowest BCUT2D eigenvalue weighted by molar-refractivity contribution is -0.115. The van der Waals surface area contributed by atoms with Crippen molar-refractivity contribution in [1.82, 2.24) is 0 Å². The van der Waals surface area contributed by atoms with Crippen LogP contribution in [0, 0.1) is 5.82 Å². The topological polar surface area (TPSA) is 72.5 Å². The number of ketones is 2. The van der Waals surface area contributed by atoms with Gasteiger partial charge in [-0.1, -0.05) is 6.92 Å². The van der Waals surface area contributed by atoms with Crippen LogP contribution in [0.3, 0.4) is 0 Å². The molecule has 30 heavy (non-hydrogen) atoms. The Morgan fingerprint density at radius 3 is 1.90 bits per heavy atom. The number of amides is 1. The molecule has 0 unspecified atom stereocenters. The summed E-state index contributed by atoms with van der Waals surface area (Å²) in [5.74, 6) is -0.493. The predicted molar refractivity (Wildman–Crippen MR) is 111 cm³/mol. The molecule has 0 fully saturated rings. The zero-order valence-corrected chi connectivity index (χ0v) is 16.4. The van der Waals surface area contributed by atoms with Crippen LogP contribution < -0.4 is 10.1 Å². The number of halogens is 1. The summed E-state index contributed by atoms with van der Waals surface area (Å²) in [5.41, 5.74) is 1.91. The molecule has 1 N–H and O–H groups in total. The highest BCUT2D eigenvalue weighted by molar-refractivity contribution is 6.09. The SMILES string of the molecule is CCC(=O)Nc1ccc(C(=O)COc2ccc(C(=O)c3ccc(F)cc3)cc2)cc1. The lowest BCUT2D eigenvalue weighted by Crippen LogP contribution is -2.12. The molecular weight excluding hydrogens is 385 g/mol. The van der Waals surface area contributed by atoms with Crippen molar-refractivity contribution in [1.29, 1.82) is 0 Å². The zero-order chi connectivity index (χ0) is 21.5. The van der Waals surface area contributed by atoms with Crippen molar-refractivity contribution in [2.75, 3.05) is 11.9 Å². The van der Waals surface area contributed by atoms with Crippen LogP contribution in [0.2, 0.25) is 0 Å². The maximum absolute atomic E-state index is 13.0. The molecule has 5 nitrogen and oxygen atoms in total. The summed E-state index contributed by atoms with van der Waals surface area (Å²) >= 11 is 0. The first-order valence-electron chi connectivity index (χ1n) is 9.42. The predicted octanol–water partition coefficient (Wildman–Crippen LogP) is 4.67. The monoisotopic (exact) mass is 405 g/mol. The first-order chi connectivity index (χ1) is 14.5. The molecule has 0 saturated carbocycles. The van der Waals surface area contributed by atoms with Gasteiger partial charge in [0.1, 0.15) is 11.6 Å². The van der Waals surface area contributed by atoms with Gasteiger partial charge in [0.15, 0.2) is 18.2 Å². The second kappa shape index (κ2) is 9.60. The quantitative estimate of drug-likeness (QED) is 0.553. The molecule has 6 heteroatoms. The van der Waals surface area contributed by atoms with E-state index in [1.807, 2.05) is 0 Å². The highest BCUT2D eigenvalue weighted by Crippen LogP contribution is 2.17. The van der Waals surface area contributed by atoms with Crippen molar-refractivity contribution in [3.8, 4) is 5.75 Å². The van der Waals surface area contributed by atoms with Gasteiger partial charge in [-0.2, -0.15) is 0 Å². The average molecular weight is 405 g/mol. The lowest BCUT2D eigenvalue weighted by Gasteiger charge is -2.08. The Balaban J connectivity index is 1.56. The van der Waals surface area contributed by atoms with E-state index in [9.17, 15) is 18.8 Å². The Bertz CT molecular complexity index is 1040. The number of Topliss-reactive ketones (excluding diaryl/α,β-unsaturated/α-hetero) is 1. The first kappa shape index (κ1) is 20.9. The van der Waals surface area contributed by atoms with E-state index in [4.69, 9.17) is 4.74 Å². The van der Waals surface area contributed by atoms with Gasteiger partial charge in [-0.3, -0.25) is 14.4 Å². The molecule has 0 atom stereocenters. The largest absolute Gasteiger partial charge is 0.485 e. The standard InChI is InChI=1S/C24H20FNO4/c1-2-23(28)26-20-11-5-16(6-12-20)22(27)15-30-21-13-7-18(8-14-21)24(29)17-3-9-19(25)10-4-17/h3-14H,2,15H2,1H3,(H,26,28). The third-order valence-corrected chi connectivity index (χ3v) is 4.40. The molecule has 0 heterocycles. The minimum absolute atomic E-state index is 0.0984. The van der Waals surface area contributed by atoms with E-state index in [1.165, 1.54) is 24.3 Å². The van der Waals surface area contributed by atoms with Crippen molar-refractivity contribution in [3.63, 3.8) is 0 Å². The maximum atomic E-state index is 13.0. The molecular formula is C24H20FNO4. The third-order valence-electron chi connectivity index (χ3n) is 4.40. The van der Waals surface area contributed by atoms with Gasteiger partial charge in [0.05, 0.1) is 0 Å². The fourth-order valence-corrected chi connectivity index (χ4v) is 2.69. The molecule has 0 bridgehead atoms. The molecule has 0 aliphatic carbocycles. The van der Waals surface area contributed by atoms with E-state index in [2.05, 4.69) is 5.32 Å². The van der Waals surface area contributed by atoms with Gasteiger partial charge in [-0.15, -0.1) is 0 Å². The highest BCUT2D eigenvalue weighted by atomic mass is 19.1. The summed E-state index contributed by atoms with van der Waals surface area (Å²) in [6, 6.07) is 18.3. The Hall–Kier alpha value is -3.80. The smallest absolute Gasteiger partial charge is 0.224 e. The van der Waals surface area contributed by atoms with Crippen molar-refractivity contribution in [3.05, 3.63) is 95.3 Å². The Labute approximate surface area is 173 Å². The molecule has 0 aliphatic heterocycles. The molecule has 152 valence electrons. The van der Waals surface area contributed by atoms with Crippen LogP contribution in [-0.4, -0.2) is 24.1 Å². The van der Waals surface area contributed by atoms with Crippen LogP contribution in [0.4, 0.5) is 10.1 Å². The van der Waals surface area contributed by atoms with Crippen LogP contribution >= 0.6 is 0 Å². The van der Waals surface area contributed by atoms with Crippen molar-refractivity contribution >= 4 is 23.2 Å². The second-order valence-electron chi connectivity index (χ2n) is 6.55. The van der Waals surface area contributed by atoms with Gasteiger partial charge in [-0.25, -0.2) is 4.39 Å². The Morgan fingerprint density at radius 2 is 1.33 bits per heavy atom. The van der Waals surface area contributed by atoms with Crippen molar-refractivity contribution in [2.45, 2.75) is 13.3 Å². The van der Waals surface area contributed by atoms with E-state index in [-0.39, 0.29) is 24.1 Å². The third kappa shape index (κ3) is 5.38. The molecule has 0 aliphatic rings.